The summed E-state index contributed by atoms with van der Waals surface area (Å²) in [5.74, 6) is 1.78. The number of para-hydroxylation sites is 2. The molecular formula is C57H37N5. The number of hydrogen-bond donors (Lipinski definition) is 0. The van der Waals surface area contributed by atoms with Crippen molar-refractivity contribution in [3.05, 3.63) is 224 Å². The zero-order valence-electron chi connectivity index (χ0n) is 33.6. The Labute approximate surface area is 358 Å². The van der Waals surface area contributed by atoms with Gasteiger partial charge in [-0.25, -0.2) is 4.98 Å². The average Bonchev–Trinajstić information content (AvgIpc) is 3.88. The lowest BCUT2D eigenvalue weighted by Crippen LogP contribution is -2.07. The summed E-state index contributed by atoms with van der Waals surface area (Å²) >= 11 is 0. The molecule has 0 aliphatic carbocycles. The van der Waals surface area contributed by atoms with E-state index in [2.05, 4.69) is 209 Å². The molecule has 290 valence electrons. The van der Waals surface area contributed by atoms with Crippen molar-refractivity contribution in [3.63, 3.8) is 0 Å². The van der Waals surface area contributed by atoms with Crippen LogP contribution in [0.25, 0.3) is 111 Å². The Hall–Kier alpha value is -8.41. The molecule has 3 heterocycles. The van der Waals surface area contributed by atoms with E-state index in [1.54, 1.807) is 0 Å². The molecule has 3 aromatic heterocycles. The monoisotopic (exact) mass is 791 g/mol. The molecule has 5 heteroatoms. The van der Waals surface area contributed by atoms with Gasteiger partial charge < -0.3 is 4.57 Å². The van der Waals surface area contributed by atoms with Crippen molar-refractivity contribution in [2.45, 2.75) is 0 Å². The van der Waals surface area contributed by atoms with Crippen LogP contribution in [0.2, 0.25) is 0 Å². The fourth-order valence-electron chi connectivity index (χ4n) is 9.07. The first-order valence-electron chi connectivity index (χ1n) is 20.9. The van der Waals surface area contributed by atoms with Crippen molar-refractivity contribution >= 4 is 43.6 Å². The highest BCUT2D eigenvalue weighted by Crippen LogP contribution is 2.42. The molecule has 62 heavy (non-hydrogen) atoms. The molecule has 0 aliphatic heterocycles. The first-order chi connectivity index (χ1) is 30.7. The summed E-state index contributed by atoms with van der Waals surface area (Å²) < 4.78 is 4.67. The molecule has 9 aromatic carbocycles. The number of hydrogen-bond acceptors (Lipinski definition) is 3. The third kappa shape index (κ3) is 5.98. The predicted octanol–water partition coefficient (Wildman–Crippen LogP) is 14.4. The van der Waals surface area contributed by atoms with Gasteiger partial charge in [0.2, 0.25) is 5.95 Å². The van der Waals surface area contributed by atoms with Gasteiger partial charge in [-0.15, -0.1) is 0 Å². The Morgan fingerprint density at radius 1 is 0.258 bits per heavy atom. The van der Waals surface area contributed by atoms with Crippen LogP contribution >= 0.6 is 0 Å². The van der Waals surface area contributed by atoms with Crippen LogP contribution in [0.3, 0.4) is 0 Å². The molecule has 12 rings (SSSR count). The Kier molecular flexibility index (Phi) is 8.42. The number of rotatable bonds is 7. The predicted molar refractivity (Wildman–Crippen MR) is 256 cm³/mol. The molecule has 0 amide bonds. The molecule has 12 aromatic rings. The molecule has 0 bridgehead atoms. The van der Waals surface area contributed by atoms with E-state index >= 15 is 0 Å². The quantitative estimate of drug-likeness (QED) is 0.162. The van der Waals surface area contributed by atoms with Gasteiger partial charge in [-0.05, 0) is 69.8 Å². The molecule has 0 spiro atoms. The van der Waals surface area contributed by atoms with Crippen molar-refractivity contribution in [1.82, 2.24) is 24.1 Å². The van der Waals surface area contributed by atoms with Crippen LogP contribution in [0, 0.1) is 0 Å². The number of benzene rings is 9. The Balaban J connectivity index is 1.10. The minimum Gasteiger partial charge on any atom is -0.307 e. The summed E-state index contributed by atoms with van der Waals surface area (Å²) in [7, 11) is 0. The first-order valence-corrected chi connectivity index (χ1v) is 20.9. The Morgan fingerprint density at radius 2 is 0.661 bits per heavy atom. The van der Waals surface area contributed by atoms with Crippen molar-refractivity contribution < 1.29 is 0 Å². The highest BCUT2D eigenvalue weighted by Gasteiger charge is 2.23. The van der Waals surface area contributed by atoms with Gasteiger partial charge in [0.1, 0.15) is 0 Å². The smallest absolute Gasteiger partial charge is 0.238 e. The molecule has 0 saturated heterocycles. The highest BCUT2D eigenvalue weighted by molar-refractivity contribution is 6.23. The molecule has 5 nitrogen and oxygen atoms in total. The van der Waals surface area contributed by atoms with Crippen molar-refractivity contribution in [1.29, 1.82) is 0 Å². The van der Waals surface area contributed by atoms with Gasteiger partial charge >= 0.3 is 0 Å². The van der Waals surface area contributed by atoms with E-state index in [4.69, 9.17) is 15.0 Å². The van der Waals surface area contributed by atoms with Crippen molar-refractivity contribution in [2.24, 2.45) is 0 Å². The molecule has 0 saturated carbocycles. The number of nitrogens with zero attached hydrogens (tertiary/aromatic N) is 5. The highest BCUT2D eigenvalue weighted by atomic mass is 15.2. The van der Waals surface area contributed by atoms with Crippen LogP contribution in [0.5, 0.6) is 0 Å². The van der Waals surface area contributed by atoms with Crippen LogP contribution in [0.4, 0.5) is 0 Å². The van der Waals surface area contributed by atoms with Crippen LogP contribution in [0.15, 0.2) is 224 Å². The molecule has 0 fully saturated rings. The van der Waals surface area contributed by atoms with E-state index in [1.165, 1.54) is 22.1 Å². The van der Waals surface area contributed by atoms with Crippen LogP contribution < -0.4 is 0 Å². The SMILES string of the molecule is c1ccc(-c2cccc(-c3ccc(-n4c5ccccc5c5ccc6c7ccccc7n(-c7nc(-c8ccccc8)nc(-c8cccc(-c9ccccc9)c8)n7)c6c54)cc3)c2)cc1. The molecule has 0 N–H and O–H groups in total. The second-order valence-corrected chi connectivity index (χ2v) is 15.7. The third-order valence-electron chi connectivity index (χ3n) is 12.0. The maximum atomic E-state index is 5.38. The summed E-state index contributed by atoms with van der Waals surface area (Å²) in [5.41, 5.74) is 14.2. The summed E-state index contributed by atoms with van der Waals surface area (Å²) in [5, 5.41) is 4.59. The molecule has 0 unspecified atom stereocenters. The van der Waals surface area contributed by atoms with Crippen molar-refractivity contribution in [2.75, 3.05) is 0 Å². The minimum atomic E-state index is 0.558. The second-order valence-electron chi connectivity index (χ2n) is 15.7. The van der Waals surface area contributed by atoms with Gasteiger partial charge in [0.05, 0.1) is 22.1 Å². The summed E-state index contributed by atoms with van der Waals surface area (Å²) in [6.07, 6.45) is 0. The Bertz CT molecular complexity index is 3610. The normalized spacial score (nSPS) is 11.5. The van der Waals surface area contributed by atoms with Gasteiger partial charge in [-0.1, -0.05) is 188 Å². The lowest BCUT2D eigenvalue weighted by molar-refractivity contribution is 0.953. The molecule has 0 aliphatic rings. The second kappa shape index (κ2) is 14.7. The largest absolute Gasteiger partial charge is 0.307 e. The topological polar surface area (TPSA) is 48.5 Å². The summed E-state index contributed by atoms with van der Waals surface area (Å²) in [6, 6.07) is 79.3. The minimum absolute atomic E-state index is 0.558. The van der Waals surface area contributed by atoms with Gasteiger partial charge in [0.25, 0.3) is 0 Å². The summed E-state index contributed by atoms with van der Waals surface area (Å²) in [4.78, 5) is 15.9. The molecule has 0 radical (unpaired) electrons. The lowest BCUT2D eigenvalue weighted by Gasteiger charge is -2.14. The standard InChI is InChI=1S/C57H37N5/c1-4-16-38(17-5-1)42-22-14-23-43(36-42)40-30-32-46(33-31-40)61-51-28-12-10-26-47(51)49-34-35-50-48-27-11-13-29-52(48)62(54(50)53(49)61)57-59-55(41-20-8-3-9-21-41)58-56(60-57)45-25-15-24-44(37-45)39-18-6-2-7-19-39/h1-37H. The molecule has 0 atom stereocenters. The molecular weight excluding hydrogens is 755 g/mol. The lowest BCUT2D eigenvalue weighted by atomic mass is 9.99. The van der Waals surface area contributed by atoms with E-state index < -0.39 is 0 Å². The summed E-state index contributed by atoms with van der Waals surface area (Å²) in [6.45, 7) is 0. The fourth-order valence-corrected chi connectivity index (χ4v) is 9.07. The number of aromatic nitrogens is 5. The van der Waals surface area contributed by atoms with E-state index in [9.17, 15) is 0 Å². The maximum Gasteiger partial charge on any atom is 0.238 e. The Morgan fingerprint density at radius 3 is 1.23 bits per heavy atom. The van der Waals surface area contributed by atoms with Crippen LogP contribution in [-0.4, -0.2) is 24.1 Å². The van der Waals surface area contributed by atoms with Gasteiger partial charge in [-0.3, -0.25) is 4.57 Å². The maximum absolute atomic E-state index is 5.38. The van der Waals surface area contributed by atoms with E-state index in [0.29, 0.717) is 17.6 Å². The third-order valence-corrected chi connectivity index (χ3v) is 12.0. The zero-order chi connectivity index (χ0) is 41.0. The van der Waals surface area contributed by atoms with Crippen LogP contribution in [0.1, 0.15) is 0 Å². The number of fused-ring (bicyclic) bond motifs is 7. The average molecular weight is 792 g/mol. The fraction of sp³-hybridized carbons (Fsp3) is 0. The van der Waals surface area contributed by atoms with E-state index in [1.807, 2.05) is 24.3 Å². The van der Waals surface area contributed by atoms with Gasteiger partial charge in [0.15, 0.2) is 11.6 Å². The van der Waals surface area contributed by atoms with Gasteiger partial charge in [0, 0.05) is 38.4 Å². The van der Waals surface area contributed by atoms with E-state index in [0.717, 1.165) is 71.7 Å². The zero-order valence-corrected chi connectivity index (χ0v) is 33.6. The first kappa shape index (κ1) is 35.5. The van der Waals surface area contributed by atoms with Crippen LogP contribution in [-0.2, 0) is 0 Å². The van der Waals surface area contributed by atoms with E-state index in [-0.39, 0.29) is 0 Å². The van der Waals surface area contributed by atoms with Crippen molar-refractivity contribution in [3.8, 4) is 67.8 Å². The van der Waals surface area contributed by atoms with Gasteiger partial charge in [-0.2, -0.15) is 9.97 Å².